The Labute approximate surface area is 151 Å². The molecular weight excluding hydrogens is 367 g/mol. The van der Waals surface area contributed by atoms with Crippen molar-refractivity contribution >= 4 is 33.2 Å². The van der Waals surface area contributed by atoms with Crippen LogP contribution in [0.4, 0.5) is 0 Å². The molecular formula is C17H14Cl2N2O2S. The second-order valence-electron chi connectivity index (χ2n) is 4.97. The largest absolute Gasteiger partial charge is 0.243 e. The van der Waals surface area contributed by atoms with Gasteiger partial charge in [0.05, 0.1) is 26.6 Å². The SMILES string of the molecule is C=CCN(Cc1cccc(C#N)c1)S(=O)(=O)c1ccc(Cl)c(Cl)c1. The van der Waals surface area contributed by atoms with Crippen molar-refractivity contribution in [3.63, 3.8) is 0 Å². The van der Waals surface area contributed by atoms with Crippen LogP contribution in [0.25, 0.3) is 0 Å². The molecule has 0 aliphatic carbocycles. The van der Waals surface area contributed by atoms with E-state index in [0.717, 1.165) is 0 Å². The minimum atomic E-state index is -3.78. The molecule has 2 aromatic carbocycles. The number of benzene rings is 2. The highest BCUT2D eigenvalue weighted by Crippen LogP contribution is 2.27. The lowest BCUT2D eigenvalue weighted by Crippen LogP contribution is -2.30. The van der Waals surface area contributed by atoms with Crippen LogP contribution in [0.3, 0.4) is 0 Å². The lowest BCUT2D eigenvalue weighted by molar-refractivity contribution is 0.438. The van der Waals surface area contributed by atoms with Crippen molar-refractivity contribution in [2.45, 2.75) is 11.4 Å². The van der Waals surface area contributed by atoms with E-state index in [1.54, 1.807) is 24.3 Å². The molecule has 0 aliphatic rings. The zero-order valence-electron chi connectivity index (χ0n) is 12.6. The van der Waals surface area contributed by atoms with Gasteiger partial charge < -0.3 is 0 Å². The highest BCUT2D eigenvalue weighted by Gasteiger charge is 2.24. The smallest absolute Gasteiger partial charge is 0.207 e. The van der Waals surface area contributed by atoms with Gasteiger partial charge in [-0.1, -0.05) is 41.4 Å². The van der Waals surface area contributed by atoms with Crippen LogP contribution in [0.5, 0.6) is 0 Å². The van der Waals surface area contributed by atoms with Crippen LogP contribution < -0.4 is 0 Å². The Bertz CT molecular complexity index is 905. The molecule has 4 nitrogen and oxygen atoms in total. The molecule has 2 rings (SSSR count). The van der Waals surface area contributed by atoms with Crippen molar-refractivity contribution in [1.82, 2.24) is 4.31 Å². The molecule has 0 heterocycles. The molecule has 0 N–H and O–H groups in total. The zero-order valence-corrected chi connectivity index (χ0v) is 14.9. The van der Waals surface area contributed by atoms with E-state index in [1.807, 2.05) is 6.07 Å². The van der Waals surface area contributed by atoms with Crippen molar-refractivity contribution in [1.29, 1.82) is 5.26 Å². The molecule has 124 valence electrons. The van der Waals surface area contributed by atoms with Gasteiger partial charge in [-0.05, 0) is 35.9 Å². The predicted octanol–water partition coefficient (Wildman–Crippen LogP) is 4.24. The van der Waals surface area contributed by atoms with Gasteiger partial charge in [0.1, 0.15) is 0 Å². The fourth-order valence-corrected chi connectivity index (χ4v) is 3.91. The third-order valence-electron chi connectivity index (χ3n) is 3.28. The maximum Gasteiger partial charge on any atom is 0.243 e. The Balaban J connectivity index is 2.39. The Morgan fingerprint density at radius 1 is 1.17 bits per heavy atom. The fraction of sp³-hybridized carbons (Fsp3) is 0.118. The first-order valence-corrected chi connectivity index (χ1v) is 9.13. The summed E-state index contributed by atoms with van der Waals surface area (Å²) in [5.41, 5.74) is 1.18. The molecule has 0 aliphatic heterocycles. The third-order valence-corrected chi connectivity index (χ3v) is 5.82. The fourth-order valence-electron chi connectivity index (χ4n) is 2.12. The van der Waals surface area contributed by atoms with E-state index in [2.05, 4.69) is 6.58 Å². The summed E-state index contributed by atoms with van der Waals surface area (Å²) in [6.07, 6.45) is 1.50. The summed E-state index contributed by atoms with van der Waals surface area (Å²) in [7, 11) is -3.78. The van der Waals surface area contributed by atoms with E-state index >= 15 is 0 Å². The summed E-state index contributed by atoms with van der Waals surface area (Å²) in [6, 6.07) is 13.0. The molecule has 0 atom stereocenters. The topological polar surface area (TPSA) is 61.2 Å². The Kier molecular flexibility index (Phi) is 6.03. The number of rotatable bonds is 6. The summed E-state index contributed by atoms with van der Waals surface area (Å²) in [5, 5.41) is 9.42. The summed E-state index contributed by atoms with van der Waals surface area (Å²) < 4.78 is 27.0. The number of sulfonamides is 1. The van der Waals surface area contributed by atoms with Crippen LogP contribution in [0, 0.1) is 11.3 Å². The molecule has 0 amide bonds. The Morgan fingerprint density at radius 2 is 1.92 bits per heavy atom. The van der Waals surface area contributed by atoms with Gasteiger partial charge in [-0.25, -0.2) is 8.42 Å². The van der Waals surface area contributed by atoms with Gasteiger partial charge in [0, 0.05) is 13.1 Å². The van der Waals surface area contributed by atoms with Crippen LogP contribution in [0.2, 0.25) is 10.0 Å². The van der Waals surface area contributed by atoms with Crippen molar-refractivity contribution < 1.29 is 8.42 Å². The molecule has 0 spiro atoms. The van der Waals surface area contributed by atoms with Crippen LogP contribution in [-0.2, 0) is 16.6 Å². The van der Waals surface area contributed by atoms with Crippen LogP contribution in [0.15, 0.2) is 60.0 Å². The molecule has 0 unspecified atom stereocenters. The van der Waals surface area contributed by atoms with Gasteiger partial charge in [-0.3, -0.25) is 0 Å². The lowest BCUT2D eigenvalue weighted by atomic mass is 10.1. The Hall–Kier alpha value is -1.84. The summed E-state index contributed by atoms with van der Waals surface area (Å²) in [5.74, 6) is 0. The minimum absolute atomic E-state index is 0.0511. The maximum absolute atomic E-state index is 12.9. The first kappa shape index (κ1) is 18.5. The van der Waals surface area contributed by atoms with Crippen molar-refractivity contribution in [2.75, 3.05) is 6.54 Å². The minimum Gasteiger partial charge on any atom is -0.207 e. The van der Waals surface area contributed by atoms with E-state index in [4.69, 9.17) is 28.5 Å². The van der Waals surface area contributed by atoms with Crippen molar-refractivity contribution in [3.8, 4) is 6.07 Å². The van der Waals surface area contributed by atoms with Gasteiger partial charge in [0.25, 0.3) is 0 Å². The average Bonchev–Trinajstić information content (AvgIpc) is 2.57. The molecule has 0 saturated heterocycles. The molecule has 2 aromatic rings. The molecule has 7 heteroatoms. The van der Waals surface area contributed by atoms with Crippen LogP contribution in [-0.4, -0.2) is 19.3 Å². The van der Waals surface area contributed by atoms with Crippen LogP contribution >= 0.6 is 23.2 Å². The van der Waals surface area contributed by atoms with Crippen molar-refractivity contribution in [2.24, 2.45) is 0 Å². The van der Waals surface area contributed by atoms with Gasteiger partial charge in [0.2, 0.25) is 10.0 Å². The van der Waals surface area contributed by atoms with E-state index in [1.165, 1.54) is 28.6 Å². The van der Waals surface area contributed by atoms with Gasteiger partial charge in [0.15, 0.2) is 0 Å². The predicted molar refractivity (Wildman–Crippen MR) is 95.4 cm³/mol. The van der Waals surface area contributed by atoms with Gasteiger partial charge in [-0.15, -0.1) is 6.58 Å². The number of hydrogen-bond donors (Lipinski definition) is 0. The standard InChI is InChI=1S/C17H14Cl2N2O2S/c1-2-8-21(12-14-5-3-4-13(9-14)11-20)24(22,23)15-6-7-16(18)17(19)10-15/h2-7,9-10H,1,8,12H2. The zero-order chi connectivity index (χ0) is 17.7. The summed E-state index contributed by atoms with van der Waals surface area (Å²) in [6.45, 7) is 3.85. The number of nitriles is 1. The monoisotopic (exact) mass is 380 g/mol. The molecule has 0 bridgehead atoms. The highest BCUT2D eigenvalue weighted by atomic mass is 35.5. The molecule has 0 aromatic heterocycles. The normalized spacial score (nSPS) is 11.2. The molecule has 0 saturated carbocycles. The van der Waals surface area contributed by atoms with E-state index < -0.39 is 10.0 Å². The van der Waals surface area contributed by atoms with E-state index in [9.17, 15) is 8.42 Å². The molecule has 0 fully saturated rings. The second kappa shape index (κ2) is 7.82. The quantitative estimate of drug-likeness (QED) is 0.703. The van der Waals surface area contributed by atoms with Gasteiger partial charge >= 0.3 is 0 Å². The van der Waals surface area contributed by atoms with Gasteiger partial charge in [-0.2, -0.15) is 9.57 Å². The highest BCUT2D eigenvalue weighted by molar-refractivity contribution is 7.89. The number of halogens is 2. The van der Waals surface area contributed by atoms with E-state index in [0.29, 0.717) is 11.1 Å². The first-order valence-electron chi connectivity index (χ1n) is 6.93. The van der Waals surface area contributed by atoms with Crippen molar-refractivity contribution in [3.05, 3.63) is 76.3 Å². The van der Waals surface area contributed by atoms with Crippen LogP contribution in [0.1, 0.15) is 11.1 Å². The average molecular weight is 381 g/mol. The lowest BCUT2D eigenvalue weighted by Gasteiger charge is -2.21. The maximum atomic E-state index is 12.9. The van der Waals surface area contributed by atoms with E-state index in [-0.39, 0.29) is 28.0 Å². The molecule has 24 heavy (non-hydrogen) atoms. The summed E-state index contributed by atoms with van der Waals surface area (Å²) >= 11 is 11.8. The second-order valence-corrected chi connectivity index (χ2v) is 7.73. The Morgan fingerprint density at radius 3 is 2.54 bits per heavy atom. The third kappa shape index (κ3) is 4.16. The number of hydrogen-bond acceptors (Lipinski definition) is 3. The number of nitrogens with zero attached hydrogens (tertiary/aromatic N) is 2. The summed E-state index contributed by atoms with van der Waals surface area (Å²) in [4.78, 5) is 0.0511. The first-order chi connectivity index (χ1) is 11.4. The molecule has 0 radical (unpaired) electrons.